The number of aliphatic hydroxyl groups excluding tert-OH is 1. The van der Waals surface area contributed by atoms with Crippen molar-refractivity contribution in [3.05, 3.63) is 24.0 Å². The van der Waals surface area contributed by atoms with Crippen LogP contribution in [0.3, 0.4) is 0 Å². The van der Waals surface area contributed by atoms with Gasteiger partial charge >= 0.3 is 0 Å². The summed E-state index contributed by atoms with van der Waals surface area (Å²) in [6.45, 7) is 9.84. The van der Waals surface area contributed by atoms with Crippen LogP contribution in [0.15, 0.2) is 24.0 Å². The van der Waals surface area contributed by atoms with Crippen molar-refractivity contribution in [2.24, 2.45) is 46.3 Å². The number of hydrogen-bond donors (Lipinski definition) is 1. The third-order valence-corrected chi connectivity index (χ3v) is 10.4. The highest BCUT2D eigenvalue weighted by atomic mass is 16.2. The Hall–Kier alpha value is -0.720. The van der Waals surface area contributed by atoms with Crippen LogP contribution in [0.25, 0.3) is 0 Å². The van der Waals surface area contributed by atoms with Gasteiger partial charge < -0.3 is 5.11 Å². The predicted octanol–water partition coefficient (Wildman–Crippen LogP) is 8.08. The lowest BCUT2D eigenvalue weighted by Gasteiger charge is -2.61. The van der Waals surface area contributed by atoms with E-state index in [0.717, 1.165) is 47.5 Å². The van der Waals surface area contributed by atoms with Crippen molar-refractivity contribution in [2.45, 2.75) is 98.3 Å². The average Bonchev–Trinajstić information content (AvgIpc) is 3.04. The van der Waals surface area contributed by atoms with Crippen LogP contribution in [-0.2, 0) is 0 Å². The maximum atomic E-state index is 9.11. The van der Waals surface area contributed by atoms with E-state index in [0.29, 0.717) is 10.8 Å². The van der Waals surface area contributed by atoms with Gasteiger partial charge in [-0.1, -0.05) is 45.8 Å². The molecule has 4 fully saturated rings. The van der Waals surface area contributed by atoms with Crippen molar-refractivity contribution < 1.29 is 5.11 Å². The number of allylic oxidation sites excluding steroid dienone is 3. The van der Waals surface area contributed by atoms with Gasteiger partial charge in [0.2, 0.25) is 0 Å². The summed E-state index contributed by atoms with van der Waals surface area (Å²) in [7, 11) is 0. The van der Waals surface area contributed by atoms with Crippen LogP contribution in [0.2, 0.25) is 0 Å². The monoisotopic (exact) mass is 384 g/mol. The Labute approximate surface area is 174 Å². The molecule has 0 radical (unpaired) electrons. The van der Waals surface area contributed by atoms with Crippen LogP contribution in [0.4, 0.5) is 0 Å². The first kappa shape index (κ1) is 20.5. The second-order valence-corrected chi connectivity index (χ2v) is 11.6. The topological polar surface area (TPSA) is 20.2 Å². The van der Waals surface area contributed by atoms with Crippen molar-refractivity contribution in [3.8, 4) is 0 Å². The molecule has 158 valence electrons. The van der Waals surface area contributed by atoms with E-state index in [4.69, 9.17) is 5.11 Å². The van der Waals surface area contributed by atoms with E-state index in [9.17, 15) is 0 Å². The van der Waals surface area contributed by atoms with E-state index in [1.807, 2.05) is 6.92 Å². The van der Waals surface area contributed by atoms with Crippen molar-refractivity contribution in [1.82, 2.24) is 0 Å². The summed E-state index contributed by atoms with van der Waals surface area (Å²) >= 11 is 0. The molecular formula is C27H44O. The van der Waals surface area contributed by atoms with Gasteiger partial charge in [-0.05, 0) is 117 Å². The summed E-state index contributed by atoms with van der Waals surface area (Å²) in [5, 5.41) is 9.11. The lowest BCUT2D eigenvalue weighted by atomic mass is 9.44. The normalized spacial score (nSPS) is 47.4. The van der Waals surface area contributed by atoms with E-state index in [1.54, 1.807) is 0 Å². The molecule has 0 aromatic rings. The number of fused-ring (bicyclic) bond motifs is 5. The molecule has 0 heterocycles. The molecular weight excluding hydrogens is 340 g/mol. The summed E-state index contributed by atoms with van der Waals surface area (Å²) in [6.07, 6.45) is 21.8. The summed E-state index contributed by atoms with van der Waals surface area (Å²) in [5.74, 6) is 5.72. The van der Waals surface area contributed by atoms with Gasteiger partial charge in [0.25, 0.3) is 0 Å². The molecule has 1 nitrogen and oxygen atoms in total. The lowest BCUT2D eigenvalue weighted by molar-refractivity contribution is -0.114. The first-order valence-corrected chi connectivity index (χ1v) is 12.4. The minimum Gasteiger partial charge on any atom is -0.515 e. The zero-order valence-electron chi connectivity index (χ0n) is 18.9. The predicted molar refractivity (Wildman–Crippen MR) is 119 cm³/mol. The van der Waals surface area contributed by atoms with Crippen molar-refractivity contribution in [2.75, 3.05) is 0 Å². The summed E-state index contributed by atoms with van der Waals surface area (Å²) in [5.41, 5.74) is 2.21. The third-order valence-electron chi connectivity index (χ3n) is 10.4. The van der Waals surface area contributed by atoms with Crippen LogP contribution < -0.4 is 0 Å². The molecule has 1 heteroatoms. The Balaban J connectivity index is 1.48. The van der Waals surface area contributed by atoms with E-state index in [-0.39, 0.29) is 0 Å². The average molecular weight is 385 g/mol. The molecule has 0 spiro atoms. The molecule has 4 saturated carbocycles. The zero-order valence-corrected chi connectivity index (χ0v) is 18.9. The van der Waals surface area contributed by atoms with Crippen molar-refractivity contribution >= 4 is 0 Å². The highest BCUT2D eigenvalue weighted by Crippen LogP contribution is 2.68. The Morgan fingerprint density at radius 1 is 0.964 bits per heavy atom. The van der Waals surface area contributed by atoms with Gasteiger partial charge in [0.1, 0.15) is 0 Å². The van der Waals surface area contributed by atoms with Gasteiger partial charge in [-0.25, -0.2) is 0 Å². The molecule has 0 saturated heterocycles. The molecule has 0 amide bonds. The first-order chi connectivity index (χ1) is 13.4. The summed E-state index contributed by atoms with van der Waals surface area (Å²) < 4.78 is 0. The van der Waals surface area contributed by atoms with Gasteiger partial charge in [0.15, 0.2) is 0 Å². The molecule has 0 aromatic carbocycles. The molecule has 0 bridgehead atoms. The Kier molecular flexibility index (Phi) is 5.75. The summed E-state index contributed by atoms with van der Waals surface area (Å²) in [4.78, 5) is 0. The summed E-state index contributed by atoms with van der Waals surface area (Å²) in [6, 6.07) is 0. The minimum absolute atomic E-state index is 0.578. The second kappa shape index (κ2) is 7.84. The Morgan fingerprint density at radius 3 is 2.54 bits per heavy atom. The maximum absolute atomic E-state index is 9.11. The highest BCUT2D eigenvalue weighted by molar-refractivity contribution is 5.14. The zero-order chi connectivity index (χ0) is 19.9. The van der Waals surface area contributed by atoms with Gasteiger partial charge in [0.05, 0.1) is 6.26 Å². The quantitative estimate of drug-likeness (QED) is 0.383. The Morgan fingerprint density at radius 2 is 1.75 bits per heavy atom. The van der Waals surface area contributed by atoms with Crippen LogP contribution in [-0.4, -0.2) is 5.11 Å². The number of rotatable bonds is 4. The van der Waals surface area contributed by atoms with E-state index >= 15 is 0 Å². The lowest BCUT2D eigenvalue weighted by Crippen LogP contribution is -2.53. The minimum atomic E-state index is 0.578. The van der Waals surface area contributed by atoms with Crippen molar-refractivity contribution in [3.63, 3.8) is 0 Å². The van der Waals surface area contributed by atoms with E-state index < -0.39 is 0 Å². The molecule has 28 heavy (non-hydrogen) atoms. The largest absolute Gasteiger partial charge is 0.515 e. The van der Waals surface area contributed by atoms with Gasteiger partial charge in [0, 0.05) is 0 Å². The Bertz CT molecular complexity index is 618. The molecule has 4 rings (SSSR count). The number of aliphatic hydroxyl groups is 1. The van der Waals surface area contributed by atoms with E-state index in [2.05, 4.69) is 32.9 Å². The first-order valence-electron chi connectivity index (χ1n) is 12.4. The van der Waals surface area contributed by atoms with Crippen LogP contribution in [0.1, 0.15) is 98.3 Å². The fourth-order valence-corrected chi connectivity index (χ4v) is 8.95. The van der Waals surface area contributed by atoms with Crippen LogP contribution >= 0.6 is 0 Å². The SMILES string of the molecule is CC(C=CC[C@@H](C)[C@H]1CC[C@H]2[C@@H]3CCC4CCCC[C@]4(C)[C@H]3CC[C@]12C)=CO. The van der Waals surface area contributed by atoms with Gasteiger partial charge in [-0.15, -0.1) is 0 Å². The molecule has 4 aliphatic carbocycles. The fourth-order valence-electron chi connectivity index (χ4n) is 8.95. The molecule has 0 aromatic heterocycles. The highest BCUT2D eigenvalue weighted by Gasteiger charge is 2.59. The maximum Gasteiger partial charge on any atom is 0.0820 e. The molecule has 1 unspecified atom stereocenters. The van der Waals surface area contributed by atoms with Crippen LogP contribution in [0, 0.1) is 46.3 Å². The second-order valence-electron chi connectivity index (χ2n) is 11.6. The van der Waals surface area contributed by atoms with Gasteiger partial charge in [-0.2, -0.15) is 0 Å². The number of hydrogen-bond acceptors (Lipinski definition) is 1. The van der Waals surface area contributed by atoms with E-state index in [1.165, 1.54) is 70.5 Å². The smallest absolute Gasteiger partial charge is 0.0820 e. The molecule has 1 N–H and O–H groups in total. The van der Waals surface area contributed by atoms with Crippen LogP contribution in [0.5, 0.6) is 0 Å². The van der Waals surface area contributed by atoms with Gasteiger partial charge in [-0.3, -0.25) is 0 Å². The van der Waals surface area contributed by atoms with Crippen molar-refractivity contribution in [1.29, 1.82) is 0 Å². The molecule has 4 aliphatic rings. The molecule has 8 atom stereocenters. The fraction of sp³-hybridized carbons (Fsp3) is 0.852. The third kappa shape index (κ3) is 3.29. The standard InChI is InChI=1S/C27H44O/c1-19(18-28)8-7-9-20(2)23-13-14-24-22-12-11-21-10-5-6-16-26(21,3)25(22)15-17-27(23,24)4/h7-8,18,20-25,28H,5-6,9-17H2,1-4H3/t20-,21?,22+,23-,24+,25+,26+,27-/m1/s1. The molecule has 0 aliphatic heterocycles.